The van der Waals surface area contributed by atoms with Crippen LogP contribution in [-0.4, -0.2) is 35.8 Å². The van der Waals surface area contributed by atoms with Crippen LogP contribution in [0.25, 0.3) is 0 Å². The number of rotatable bonds is 6. The van der Waals surface area contributed by atoms with Crippen molar-refractivity contribution in [3.8, 4) is 11.5 Å². The molecule has 1 aromatic heterocycles. The molecule has 4 nitrogen and oxygen atoms in total. The van der Waals surface area contributed by atoms with Crippen LogP contribution in [0.1, 0.15) is 29.4 Å². The minimum Gasteiger partial charge on any atom is -0.507 e. The summed E-state index contributed by atoms with van der Waals surface area (Å²) in [5.74, 6) is 0.236. The van der Waals surface area contributed by atoms with Crippen LogP contribution in [0, 0.1) is 0 Å². The zero-order valence-corrected chi connectivity index (χ0v) is 13.4. The summed E-state index contributed by atoms with van der Waals surface area (Å²) in [4.78, 5) is 3.46. The standard InChI is InChI=1S/C16H22N2O2S/c1-11(16-13(19)6-4-7-14(16)20)17-10-12(18(2)3)15-8-5-9-21-15/h4-9,11-12,17,19-20H,10H2,1-3H3. The second-order valence-electron chi connectivity index (χ2n) is 5.33. The molecule has 0 bridgehead atoms. The Morgan fingerprint density at radius 1 is 1.14 bits per heavy atom. The molecule has 5 heteroatoms. The third-order valence-electron chi connectivity index (χ3n) is 3.61. The van der Waals surface area contributed by atoms with Crippen molar-refractivity contribution < 1.29 is 10.2 Å². The number of phenolic OH excluding ortho intramolecular Hbond substituents is 2. The Morgan fingerprint density at radius 3 is 2.33 bits per heavy atom. The van der Waals surface area contributed by atoms with E-state index in [0.29, 0.717) is 5.56 Å². The maximum Gasteiger partial charge on any atom is 0.124 e. The molecule has 0 saturated carbocycles. The molecule has 1 aromatic carbocycles. The average molecular weight is 306 g/mol. The van der Waals surface area contributed by atoms with Gasteiger partial charge in [0.25, 0.3) is 0 Å². The van der Waals surface area contributed by atoms with Gasteiger partial charge in [0, 0.05) is 17.5 Å². The summed E-state index contributed by atoms with van der Waals surface area (Å²) in [6.07, 6.45) is 0. The van der Waals surface area contributed by atoms with Crippen molar-refractivity contribution in [2.45, 2.75) is 19.0 Å². The molecule has 2 aromatic rings. The molecule has 21 heavy (non-hydrogen) atoms. The van der Waals surface area contributed by atoms with Crippen molar-refractivity contribution in [3.63, 3.8) is 0 Å². The first-order valence-corrected chi connectivity index (χ1v) is 7.82. The Hall–Kier alpha value is -1.56. The number of hydrogen-bond acceptors (Lipinski definition) is 5. The fourth-order valence-corrected chi connectivity index (χ4v) is 3.32. The molecule has 0 saturated heterocycles. The number of phenols is 2. The highest BCUT2D eigenvalue weighted by molar-refractivity contribution is 7.10. The predicted molar refractivity (Wildman–Crippen MR) is 86.9 cm³/mol. The molecule has 0 fully saturated rings. The van der Waals surface area contributed by atoms with Gasteiger partial charge in [0.15, 0.2) is 0 Å². The highest BCUT2D eigenvalue weighted by Gasteiger charge is 2.19. The summed E-state index contributed by atoms with van der Waals surface area (Å²) in [6.45, 7) is 2.68. The van der Waals surface area contributed by atoms with Crippen LogP contribution in [0.15, 0.2) is 35.7 Å². The van der Waals surface area contributed by atoms with Gasteiger partial charge in [-0.1, -0.05) is 12.1 Å². The van der Waals surface area contributed by atoms with Gasteiger partial charge in [-0.25, -0.2) is 0 Å². The van der Waals surface area contributed by atoms with Crippen molar-refractivity contribution >= 4 is 11.3 Å². The van der Waals surface area contributed by atoms with Crippen molar-refractivity contribution in [2.24, 2.45) is 0 Å². The number of thiophene rings is 1. The van der Waals surface area contributed by atoms with Gasteiger partial charge in [0.05, 0.1) is 11.6 Å². The molecule has 1 heterocycles. The molecule has 0 amide bonds. The Bertz CT molecular complexity index is 549. The fraction of sp³-hybridized carbons (Fsp3) is 0.375. The van der Waals surface area contributed by atoms with Crippen molar-refractivity contribution in [2.75, 3.05) is 20.6 Å². The van der Waals surface area contributed by atoms with Crippen LogP contribution in [0.3, 0.4) is 0 Å². The van der Waals surface area contributed by atoms with Crippen LogP contribution in [0.2, 0.25) is 0 Å². The third kappa shape index (κ3) is 3.75. The van der Waals surface area contributed by atoms with E-state index in [-0.39, 0.29) is 23.6 Å². The second-order valence-corrected chi connectivity index (χ2v) is 6.31. The molecular formula is C16H22N2O2S. The molecule has 2 unspecified atom stereocenters. The summed E-state index contributed by atoms with van der Waals surface area (Å²) in [6, 6.07) is 9.13. The van der Waals surface area contributed by atoms with Gasteiger partial charge in [-0.2, -0.15) is 0 Å². The Balaban J connectivity index is 2.07. The van der Waals surface area contributed by atoms with Gasteiger partial charge in [-0.3, -0.25) is 0 Å². The third-order valence-corrected chi connectivity index (χ3v) is 4.58. The lowest BCUT2D eigenvalue weighted by atomic mass is 10.1. The Morgan fingerprint density at radius 2 is 1.81 bits per heavy atom. The Kier molecular flexibility index (Phi) is 5.22. The fourth-order valence-electron chi connectivity index (χ4n) is 2.39. The van der Waals surface area contributed by atoms with E-state index in [1.54, 1.807) is 29.5 Å². The smallest absolute Gasteiger partial charge is 0.124 e. The second kappa shape index (κ2) is 6.93. The number of aromatic hydroxyl groups is 2. The van der Waals surface area contributed by atoms with Gasteiger partial charge < -0.3 is 20.4 Å². The maximum absolute atomic E-state index is 9.91. The number of likely N-dealkylation sites (N-methyl/N-ethyl adjacent to an activating group) is 1. The van der Waals surface area contributed by atoms with Gasteiger partial charge in [-0.05, 0) is 44.6 Å². The molecule has 2 atom stereocenters. The lowest BCUT2D eigenvalue weighted by Crippen LogP contribution is -2.32. The van der Waals surface area contributed by atoms with E-state index >= 15 is 0 Å². The number of hydrogen-bond donors (Lipinski definition) is 3. The number of nitrogens with zero attached hydrogens (tertiary/aromatic N) is 1. The number of benzene rings is 1. The highest BCUT2D eigenvalue weighted by atomic mass is 32.1. The lowest BCUT2D eigenvalue weighted by Gasteiger charge is -2.26. The quantitative estimate of drug-likeness (QED) is 0.767. The van der Waals surface area contributed by atoms with Crippen LogP contribution in [0.4, 0.5) is 0 Å². The molecule has 0 radical (unpaired) electrons. The molecule has 114 valence electrons. The molecule has 0 aliphatic rings. The average Bonchev–Trinajstić information content (AvgIpc) is 2.92. The van der Waals surface area contributed by atoms with E-state index in [1.165, 1.54) is 4.88 Å². The van der Waals surface area contributed by atoms with Crippen molar-refractivity contribution in [3.05, 3.63) is 46.2 Å². The summed E-state index contributed by atoms with van der Waals surface area (Å²) >= 11 is 1.73. The van der Waals surface area contributed by atoms with E-state index in [4.69, 9.17) is 0 Å². The summed E-state index contributed by atoms with van der Waals surface area (Å²) in [5, 5.41) is 25.3. The normalized spacial score (nSPS) is 14.3. The molecule has 0 aliphatic carbocycles. The summed E-state index contributed by atoms with van der Waals surface area (Å²) in [7, 11) is 4.10. The predicted octanol–water partition coefficient (Wildman–Crippen LogP) is 3.11. The largest absolute Gasteiger partial charge is 0.507 e. The minimum absolute atomic E-state index is 0.118. The number of nitrogens with one attached hydrogen (secondary N) is 1. The highest BCUT2D eigenvalue weighted by Crippen LogP contribution is 2.32. The topological polar surface area (TPSA) is 55.7 Å². The van der Waals surface area contributed by atoms with E-state index < -0.39 is 0 Å². The molecule has 0 spiro atoms. The van der Waals surface area contributed by atoms with Crippen molar-refractivity contribution in [1.82, 2.24) is 10.2 Å². The van der Waals surface area contributed by atoms with E-state index in [9.17, 15) is 10.2 Å². The van der Waals surface area contributed by atoms with Gasteiger partial charge in [0.1, 0.15) is 11.5 Å². The first kappa shape index (κ1) is 15.8. The first-order chi connectivity index (χ1) is 10.0. The summed E-state index contributed by atoms with van der Waals surface area (Å²) < 4.78 is 0. The Labute approximate surface area is 129 Å². The van der Waals surface area contributed by atoms with E-state index in [0.717, 1.165) is 6.54 Å². The zero-order chi connectivity index (χ0) is 15.4. The molecule has 0 aliphatic heterocycles. The van der Waals surface area contributed by atoms with E-state index in [2.05, 4.69) is 27.7 Å². The first-order valence-electron chi connectivity index (χ1n) is 6.94. The minimum atomic E-state index is -0.131. The SMILES string of the molecule is CC(NCC(c1cccs1)N(C)C)c1c(O)cccc1O. The van der Waals surface area contributed by atoms with Gasteiger partial charge in [-0.15, -0.1) is 11.3 Å². The van der Waals surface area contributed by atoms with Crippen LogP contribution in [-0.2, 0) is 0 Å². The van der Waals surface area contributed by atoms with Crippen LogP contribution < -0.4 is 5.32 Å². The van der Waals surface area contributed by atoms with Gasteiger partial charge >= 0.3 is 0 Å². The maximum atomic E-state index is 9.91. The van der Waals surface area contributed by atoms with E-state index in [1.807, 2.05) is 21.0 Å². The zero-order valence-electron chi connectivity index (χ0n) is 12.6. The monoisotopic (exact) mass is 306 g/mol. The molecule has 2 rings (SSSR count). The molecule has 3 N–H and O–H groups in total. The van der Waals surface area contributed by atoms with Gasteiger partial charge in [0.2, 0.25) is 0 Å². The van der Waals surface area contributed by atoms with Crippen LogP contribution >= 0.6 is 11.3 Å². The van der Waals surface area contributed by atoms with Crippen molar-refractivity contribution in [1.29, 1.82) is 0 Å². The lowest BCUT2D eigenvalue weighted by molar-refractivity contribution is 0.284. The molecular weight excluding hydrogens is 284 g/mol. The summed E-state index contributed by atoms with van der Waals surface area (Å²) in [5.41, 5.74) is 0.543. The van der Waals surface area contributed by atoms with Crippen LogP contribution in [0.5, 0.6) is 11.5 Å².